The summed E-state index contributed by atoms with van der Waals surface area (Å²) in [6.45, 7) is 10.4. The monoisotopic (exact) mass is 406 g/mol. The largest absolute Gasteiger partial charge is 0.382 e. The standard InChI is InChI=1S/C22H38N4OS/c1-4-27-14-11-22(9-10-22)17-25-21(23-3)24-16-19(20-6-5-15-28-20)26-12-7-18(2)8-13-26/h5-6,15,18-19H,4,7-14,16-17H2,1-3H3,(H2,23,24,25). The van der Waals surface area contributed by atoms with Crippen LogP contribution in [0, 0.1) is 11.3 Å². The molecule has 0 aromatic carbocycles. The molecule has 1 aliphatic heterocycles. The quantitative estimate of drug-likeness (QED) is 0.352. The number of likely N-dealkylation sites (tertiary alicyclic amines) is 1. The average molecular weight is 407 g/mol. The van der Waals surface area contributed by atoms with E-state index >= 15 is 0 Å². The molecule has 0 bridgehead atoms. The van der Waals surface area contributed by atoms with Crippen molar-refractivity contribution in [2.45, 2.75) is 52.0 Å². The smallest absolute Gasteiger partial charge is 0.191 e. The van der Waals surface area contributed by atoms with Crippen molar-refractivity contribution in [1.82, 2.24) is 15.5 Å². The minimum atomic E-state index is 0.420. The van der Waals surface area contributed by atoms with Crippen LogP contribution in [0.1, 0.15) is 56.9 Å². The molecule has 1 unspecified atom stereocenters. The lowest BCUT2D eigenvalue weighted by atomic mass is 9.97. The summed E-state index contributed by atoms with van der Waals surface area (Å²) in [4.78, 5) is 8.58. The van der Waals surface area contributed by atoms with Gasteiger partial charge in [0, 0.05) is 38.2 Å². The molecule has 2 heterocycles. The number of nitrogens with one attached hydrogen (secondary N) is 2. The molecule has 1 atom stereocenters. The molecule has 3 rings (SSSR count). The van der Waals surface area contributed by atoms with Crippen molar-refractivity contribution in [3.63, 3.8) is 0 Å². The van der Waals surface area contributed by atoms with E-state index in [2.05, 4.69) is 51.9 Å². The topological polar surface area (TPSA) is 48.9 Å². The highest BCUT2D eigenvalue weighted by Gasteiger charge is 2.42. The molecule has 1 aromatic heterocycles. The van der Waals surface area contributed by atoms with Gasteiger partial charge in [-0.15, -0.1) is 11.3 Å². The van der Waals surface area contributed by atoms with Gasteiger partial charge in [-0.2, -0.15) is 0 Å². The molecule has 6 heteroatoms. The van der Waals surface area contributed by atoms with E-state index in [4.69, 9.17) is 4.74 Å². The fourth-order valence-corrected chi connectivity index (χ4v) is 4.90. The van der Waals surface area contributed by atoms with E-state index in [0.29, 0.717) is 11.5 Å². The second-order valence-corrected chi connectivity index (χ2v) is 9.48. The average Bonchev–Trinajstić information content (AvgIpc) is 3.26. The van der Waals surface area contributed by atoms with Gasteiger partial charge in [-0.25, -0.2) is 0 Å². The number of hydrogen-bond acceptors (Lipinski definition) is 4. The van der Waals surface area contributed by atoms with Gasteiger partial charge in [-0.3, -0.25) is 9.89 Å². The Balaban J connectivity index is 1.50. The van der Waals surface area contributed by atoms with Crippen LogP contribution in [0.2, 0.25) is 0 Å². The minimum Gasteiger partial charge on any atom is -0.382 e. The summed E-state index contributed by atoms with van der Waals surface area (Å²) in [5.74, 6) is 1.78. The maximum absolute atomic E-state index is 5.56. The first kappa shape index (κ1) is 21.6. The number of guanidine groups is 1. The lowest BCUT2D eigenvalue weighted by Gasteiger charge is -2.36. The van der Waals surface area contributed by atoms with Crippen molar-refractivity contribution < 1.29 is 4.74 Å². The van der Waals surface area contributed by atoms with E-state index in [9.17, 15) is 0 Å². The molecule has 5 nitrogen and oxygen atoms in total. The van der Waals surface area contributed by atoms with Crippen molar-refractivity contribution in [2.24, 2.45) is 16.3 Å². The maximum Gasteiger partial charge on any atom is 0.191 e. The maximum atomic E-state index is 5.56. The molecule has 2 N–H and O–H groups in total. The van der Waals surface area contributed by atoms with Gasteiger partial charge in [-0.1, -0.05) is 13.0 Å². The number of thiophene rings is 1. The van der Waals surface area contributed by atoms with Crippen LogP contribution in [-0.2, 0) is 4.74 Å². The molecular weight excluding hydrogens is 368 g/mol. The predicted octanol–water partition coefficient (Wildman–Crippen LogP) is 3.89. The normalized spacial score (nSPS) is 21.5. The fourth-order valence-electron chi connectivity index (χ4n) is 4.04. The van der Waals surface area contributed by atoms with E-state index < -0.39 is 0 Å². The van der Waals surface area contributed by atoms with E-state index in [-0.39, 0.29) is 0 Å². The van der Waals surface area contributed by atoms with Crippen LogP contribution < -0.4 is 10.6 Å². The summed E-state index contributed by atoms with van der Waals surface area (Å²) in [6.07, 6.45) is 6.35. The lowest BCUT2D eigenvalue weighted by molar-refractivity contribution is 0.128. The summed E-state index contributed by atoms with van der Waals surface area (Å²) < 4.78 is 5.56. The van der Waals surface area contributed by atoms with Gasteiger partial charge in [0.15, 0.2) is 5.96 Å². The van der Waals surface area contributed by atoms with Gasteiger partial charge in [0.05, 0.1) is 6.04 Å². The highest BCUT2D eigenvalue weighted by atomic mass is 32.1. The van der Waals surface area contributed by atoms with Crippen LogP contribution >= 0.6 is 11.3 Å². The zero-order chi connectivity index (χ0) is 19.8. The van der Waals surface area contributed by atoms with Crippen LogP contribution in [0.25, 0.3) is 0 Å². The van der Waals surface area contributed by atoms with Crippen molar-refractivity contribution in [3.8, 4) is 0 Å². The number of nitrogens with zero attached hydrogens (tertiary/aromatic N) is 2. The molecule has 2 aliphatic rings. The Hall–Kier alpha value is -1.11. The van der Waals surface area contributed by atoms with Gasteiger partial charge in [-0.05, 0) is 74.9 Å². The van der Waals surface area contributed by atoms with Gasteiger partial charge in [0.2, 0.25) is 0 Å². The van der Waals surface area contributed by atoms with Gasteiger partial charge < -0.3 is 15.4 Å². The zero-order valence-electron chi connectivity index (χ0n) is 17.9. The summed E-state index contributed by atoms with van der Waals surface area (Å²) >= 11 is 1.87. The third-order valence-corrected chi connectivity index (χ3v) is 7.36. The van der Waals surface area contributed by atoms with Crippen LogP contribution in [0.3, 0.4) is 0 Å². The molecule has 1 aliphatic carbocycles. The Bertz CT molecular complexity index is 592. The number of piperidine rings is 1. The molecule has 2 fully saturated rings. The minimum absolute atomic E-state index is 0.420. The first-order chi connectivity index (χ1) is 13.7. The molecule has 0 amide bonds. The van der Waals surface area contributed by atoms with Gasteiger partial charge >= 0.3 is 0 Å². The molecule has 1 saturated heterocycles. The zero-order valence-corrected chi connectivity index (χ0v) is 18.7. The number of hydrogen-bond donors (Lipinski definition) is 2. The number of rotatable bonds is 10. The van der Waals surface area contributed by atoms with Gasteiger partial charge in [0.25, 0.3) is 0 Å². The predicted molar refractivity (Wildman–Crippen MR) is 119 cm³/mol. The number of ether oxygens (including phenoxy) is 1. The second kappa shape index (κ2) is 10.6. The Labute approximate surface area is 174 Å². The van der Waals surface area contributed by atoms with E-state index in [1.807, 2.05) is 18.4 Å². The van der Waals surface area contributed by atoms with Crippen molar-refractivity contribution >= 4 is 17.3 Å². The van der Waals surface area contributed by atoms with Crippen molar-refractivity contribution in [2.75, 3.05) is 46.4 Å². The van der Waals surface area contributed by atoms with Gasteiger partial charge in [0.1, 0.15) is 0 Å². The van der Waals surface area contributed by atoms with E-state index in [0.717, 1.165) is 44.6 Å². The Morgan fingerprint density at radius 1 is 1.36 bits per heavy atom. The Kier molecular flexibility index (Phi) is 8.18. The summed E-state index contributed by atoms with van der Waals surface area (Å²) in [7, 11) is 1.87. The summed E-state index contributed by atoms with van der Waals surface area (Å²) in [6, 6.07) is 4.87. The molecule has 1 saturated carbocycles. The molecule has 0 spiro atoms. The lowest BCUT2D eigenvalue weighted by Crippen LogP contribution is -2.46. The van der Waals surface area contributed by atoms with Crippen molar-refractivity contribution in [1.29, 1.82) is 0 Å². The SMILES string of the molecule is CCOCCC1(CNC(=NC)NCC(c2cccs2)N2CCC(C)CC2)CC1. The third-order valence-electron chi connectivity index (χ3n) is 6.39. The molecule has 0 radical (unpaired) electrons. The van der Waals surface area contributed by atoms with Crippen LogP contribution in [0.4, 0.5) is 0 Å². The number of aliphatic imine (C=N–C) groups is 1. The van der Waals surface area contributed by atoms with Crippen LogP contribution in [-0.4, -0.2) is 57.3 Å². The van der Waals surface area contributed by atoms with Crippen LogP contribution in [0.15, 0.2) is 22.5 Å². The third kappa shape index (κ3) is 6.19. The first-order valence-electron chi connectivity index (χ1n) is 11.0. The van der Waals surface area contributed by atoms with Crippen LogP contribution in [0.5, 0.6) is 0 Å². The molecule has 158 valence electrons. The second-order valence-electron chi connectivity index (χ2n) is 8.50. The van der Waals surface area contributed by atoms with E-state index in [1.54, 1.807) is 0 Å². The summed E-state index contributed by atoms with van der Waals surface area (Å²) in [5, 5.41) is 9.38. The van der Waals surface area contributed by atoms with Crippen molar-refractivity contribution in [3.05, 3.63) is 22.4 Å². The highest BCUT2D eigenvalue weighted by molar-refractivity contribution is 7.10. The highest BCUT2D eigenvalue weighted by Crippen LogP contribution is 2.48. The fraction of sp³-hybridized carbons (Fsp3) is 0.773. The Morgan fingerprint density at radius 3 is 2.75 bits per heavy atom. The molecule has 1 aromatic rings. The molecular formula is C22H38N4OS. The first-order valence-corrected chi connectivity index (χ1v) is 11.8. The summed E-state index contributed by atoms with van der Waals surface area (Å²) in [5.41, 5.74) is 0.420. The van der Waals surface area contributed by atoms with E-state index in [1.165, 1.54) is 43.6 Å². The Morgan fingerprint density at radius 2 is 2.14 bits per heavy atom. The molecule has 28 heavy (non-hydrogen) atoms.